The molecule has 0 radical (unpaired) electrons. The molecule has 5 nitrogen and oxygen atoms in total. The van der Waals surface area contributed by atoms with Crippen LogP contribution in [0, 0.1) is 6.92 Å². The Labute approximate surface area is 170 Å². The zero-order valence-corrected chi connectivity index (χ0v) is 16.7. The number of amides is 1. The zero-order chi connectivity index (χ0) is 19.3. The fourth-order valence-electron chi connectivity index (χ4n) is 2.65. The van der Waals surface area contributed by atoms with E-state index in [0.717, 1.165) is 32.6 Å². The minimum Gasteiger partial charge on any atom is -0.455 e. The number of anilines is 1. The van der Waals surface area contributed by atoms with Crippen LogP contribution in [0.3, 0.4) is 0 Å². The summed E-state index contributed by atoms with van der Waals surface area (Å²) < 4.78 is 5.82. The molecule has 0 aliphatic heterocycles. The SMILES string of the molecule is Cc1cc(NC(=O)Cc2csc(-c3cccs3)n2)ccc1Oc1cccnc1. The van der Waals surface area contributed by atoms with Gasteiger partial charge < -0.3 is 10.1 Å². The molecule has 140 valence electrons. The lowest BCUT2D eigenvalue weighted by molar-refractivity contribution is -0.115. The van der Waals surface area contributed by atoms with E-state index in [4.69, 9.17) is 4.74 Å². The molecule has 0 aliphatic rings. The number of hydrogen-bond donors (Lipinski definition) is 1. The van der Waals surface area contributed by atoms with Gasteiger partial charge in [-0.05, 0) is 54.3 Å². The van der Waals surface area contributed by atoms with Crippen LogP contribution in [0.4, 0.5) is 5.69 Å². The average Bonchev–Trinajstić information content (AvgIpc) is 3.36. The fourth-order valence-corrected chi connectivity index (χ4v) is 4.28. The first-order valence-corrected chi connectivity index (χ1v) is 10.4. The summed E-state index contributed by atoms with van der Waals surface area (Å²) in [4.78, 5) is 22.1. The van der Waals surface area contributed by atoms with Gasteiger partial charge in [0, 0.05) is 17.3 Å². The number of ether oxygens (including phenoxy) is 1. The summed E-state index contributed by atoms with van der Waals surface area (Å²) in [6.45, 7) is 1.94. The van der Waals surface area contributed by atoms with Crippen LogP contribution in [0.25, 0.3) is 9.88 Å². The highest BCUT2D eigenvalue weighted by Gasteiger charge is 2.11. The Morgan fingerprint density at radius 3 is 2.86 bits per heavy atom. The molecular weight excluding hydrogens is 390 g/mol. The lowest BCUT2D eigenvalue weighted by Gasteiger charge is -2.11. The summed E-state index contributed by atoms with van der Waals surface area (Å²) in [5.41, 5.74) is 2.43. The smallest absolute Gasteiger partial charge is 0.230 e. The number of pyridine rings is 1. The third-order valence-corrected chi connectivity index (χ3v) is 5.88. The molecule has 3 aromatic heterocycles. The van der Waals surface area contributed by atoms with E-state index in [1.165, 1.54) is 0 Å². The van der Waals surface area contributed by atoms with Crippen molar-refractivity contribution in [1.82, 2.24) is 9.97 Å². The summed E-state index contributed by atoms with van der Waals surface area (Å²) in [5.74, 6) is 1.31. The van der Waals surface area contributed by atoms with Gasteiger partial charge in [-0.25, -0.2) is 4.98 Å². The first kappa shape index (κ1) is 18.3. The van der Waals surface area contributed by atoms with Crippen molar-refractivity contribution in [1.29, 1.82) is 0 Å². The molecule has 0 spiro atoms. The molecule has 0 saturated carbocycles. The molecule has 0 atom stereocenters. The van der Waals surface area contributed by atoms with Crippen LogP contribution in [0.15, 0.2) is 65.6 Å². The quantitative estimate of drug-likeness (QED) is 0.455. The third kappa shape index (κ3) is 4.44. The number of thiophene rings is 1. The maximum Gasteiger partial charge on any atom is 0.230 e. The monoisotopic (exact) mass is 407 g/mol. The first-order valence-electron chi connectivity index (χ1n) is 8.64. The van der Waals surface area contributed by atoms with Crippen molar-refractivity contribution in [3.63, 3.8) is 0 Å². The average molecular weight is 408 g/mol. The standard InChI is InChI=1S/C21H17N3O2S2/c1-14-10-15(6-7-18(14)26-17-4-2-8-22-12-17)23-20(25)11-16-13-28-21(24-16)19-5-3-9-27-19/h2-10,12-13H,11H2,1H3,(H,23,25). The lowest BCUT2D eigenvalue weighted by Crippen LogP contribution is -2.14. The highest BCUT2D eigenvalue weighted by molar-refractivity contribution is 7.20. The van der Waals surface area contributed by atoms with Crippen molar-refractivity contribution < 1.29 is 9.53 Å². The second-order valence-corrected chi connectivity index (χ2v) is 7.92. The number of nitrogens with one attached hydrogen (secondary N) is 1. The van der Waals surface area contributed by atoms with E-state index in [1.54, 1.807) is 35.1 Å². The number of carbonyl (C=O) groups excluding carboxylic acids is 1. The van der Waals surface area contributed by atoms with Gasteiger partial charge in [-0.2, -0.15) is 0 Å². The highest BCUT2D eigenvalue weighted by atomic mass is 32.1. The Bertz CT molecular complexity index is 1080. The van der Waals surface area contributed by atoms with Crippen molar-refractivity contribution in [2.24, 2.45) is 0 Å². The molecule has 1 aromatic carbocycles. The summed E-state index contributed by atoms with van der Waals surface area (Å²) in [7, 11) is 0. The van der Waals surface area contributed by atoms with Crippen molar-refractivity contribution >= 4 is 34.3 Å². The lowest BCUT2D eigenvalue weighted by atomic mass is 10.2. The number of thiazole rings is 1. The van der Waals surface area contributed by atoms with E-state index < -0.39 is 0 Å². The van der Waals surface area contributed by atoms with E-state index in [9.17, 15) is 4.79 Å². The minimum atomic E-state index is -0.0941. The molecule has 0 bridgehead atoms. The van der Waals surface area contributed by atoms with Gasteiger partial charge in [0.05, 0.1) is 23.2 Å². The highest BCUT2D eigenvalue weighted by Crippen LogP contribution is 2.29. The number of benzene rings is 1. The molecule has 1 N–H and O–H groups in total. The van der Waals surface area contributed by atoms with Crippen LogP contribution in [0.2, 0.25) is 0 Å². The predicted octanol–water partition coefficient (Wildman–Crippen LogP) is 5.55. The Hall–Kier alpha value is -3.03. The number of aryl methyl sites for hydroxylation is 1. The van der Waals surface area contributed by atoms with E-state index in [2.05, 4.69) is 15.3 Å². The topological polar surface area (TPSA) is 64.1 Å². The van der Waals surface area contributed by atoms with Gasteiger partial charge in [0.1, 0.15) is 16.5 Å². The van der Waals surface area contributed by atoms with E-state index in [-0.39, 0.29) is 12.3 Å². The first-order chi connectivity index (χ1) is 13.7. The van der Waals surface area contributed by atoms with Crippen molar-refractivity contribution in [2.45, 2.75) is 13.3 Å². The summed E-state index contributed by atoms with van der Waals surface area (Å²) in [6, 6.07) is 13.3. The van der Waals surface area contributed by atoms with Crippen molar-refractivity contribution in [2.75, 3.05) is 5.32 Å². The molecular formula is C21H17N3O2S2. The van der Waals surface area contributed by atoms with Gasteiger partial charge >= 0.3 is 0 Å². The molecule has 28 heavy (non-hydrogen) atoms. The van der Waals surface area contributed by atoms with Gasteiger partial charge in [-0.1, -0.05) is 6.07 Å². The Morgan fingerprint density at radius 2 is 2.11 bits per heavy atom. The molecule has 1 amide bonds. The van der Waals surface area contributed by atoms with Gasteiger partial charge in [-0.3, -0.25) is 9.78 Å². The van der Waals surface area contributed by atoms with Crippen molar-refractivity contribution in [3.05, 3.63) is 76.9 Å². The summed E-state index contributed by atoms with van der Waals surface area (Å²) in [6.07, 6.45) is 3.60. The predicted molar refractivity (Wildman–Crippen MR) is 113 cm³/mol. The fraction of sp³-hybridized carbons (Fsp3) is 0.0952. The van der Waals surface area contributed by atoms with Gasteiger partial charge in [0.2, 0.25) is 5.91 Å². The Balaban J connectivity index is 1.38. The Kier molecular flexibility index (Phi) is 5.45. The van der Waals surface area contributed by atoms with Gasteiger partial charge in [-0.15, -0.1) is 22.7 Å². The van der Waals surface area contributed by atoms with Crippen LogP contribution in [-0.2, 0) is 11.2 Å². The molecule has 7 heteroatoms. The Morgan fingerprint density at radius 1 is 1.18 bits per heavy atom. The molecule has 0 aliphatic carbocycles. The van der Waals surface area contributed by atoms with Crippen LogP contribution >= 0.6 is 22.7 Å². The number of aromatic nitrogens is 2. The zero-order valence-electron chi connectivity index (χ0n) is 15.1. The van der Waals surface area contributed by atoms with E-state index in [1.807, 2.05) is 60.1 Å². The molecule has 0 fully saturated rings. The normalized spacial score (nSPS) is 10.6. The number of rotatable bonds is 6. The summed E-state index contributed by atoms with van der Waals surface area (Å²) >= 11 is 3.20. The second-order valence-electron chi connectivity index (χ2n) is 6.12. The molecule has 4 aromatic rings. The molecule has 0 saturated heterocycles. The van der Waals surface area contributed by atoms with Gasteiger partial charge in [0.25, 0.3) is 0 Å². The number of nitrogens with zero attached hydrogens (tertiary/aromatic N) is 2. The minimum absolute atomic E-state index is 0.0941. The summed E-state index contributed by atoms with van der Waals surface area (Å²) in [5, 5.41) is 7.83. The van der Waals surface area contributed by atoms with Crippen molar-refractivity contribution in [3.8, 4) is 21.4 Å². The van der Waals surface area contributed by atoms with E-state index >= 15 is 0 Å². The van der Waals surface area contributed by atoms with Gasteiger partial charge in [0.15, 0.2) is 0 Å². The van der Waals surface area contributed by atoms with Crippen LogP contribution in [0.5, 0.6) is 11.5 Å². The third-order valence-electron chi connectivity index (χ3n) is 3.95. The molecule has 3 heterocycles. The number of hydrogen-bond acceptors (Lipinski definition) is 6. The van der Waals surface area contributed by atoms with Crippen LogP contribution in [0.1, 0.15) is 11.3 Å². The van der Waals surface area contributed by atoms with Crippen LogP contribution in [-0.4, -0.2) is 15.9 Å². The molecule has 0 unspecified atom stereocenters. The molecule has 4 rings (SSSR count). The largest absolute Gasteiger partial charge is 0.455 e. The van der Waals surface area contributed by atoms with E-state index in [0.29, 0.717) is 5.75 Å². The maximum atomic E-state index is 12.4. The second kappa shape index (κ2) is 8.33. The van der Waals surface area contributed by atoms with Crippen LogP contribution < -0.4 is 10.1 Å². The number of carbonyl (C=O) groups is 1. The maximum absolute atomic E-state index is 12.4.